The van der Waals surface area contributed by atoms with Crippen LogP contribution >= 0.6 is 0 Å². The third kappa shape index (κ3) is 2.48. The minimum Gasteiger partial charge on any atom is -0.476 e. The lowest BCUT2D eigenvalue weighted by molar-refractivity contribution is 0.0689. The van der Waals surface area contributed by atoms with Gasteiger partial charge in [-0.3, -0.25) is 4.68 Å². The zero-order chi connectivity index (χ0) is 15.7. The number of aromatic carboxylic acids is 1. The van der Waals surface area contributed by atoms with Crippen molar-refractivity contribution >= 4 is 5.97 Å². The summed E-state index contributed by atoms with van der Waals surface area (Å²) in [4.78, 5) is 11.0. The lowest BCUT2D eigenvalue weighted by atomic mass is 10.0. The molecule has 0 radical (unpaired) electrons. The Labute approximate surface area is 126 Å². The van der Waals surface area contributed by atoms with Crippen molar-refractivity contribution in [2.24, 2.45) is 7.05 Å². The number of carbonyl (C=O) groups is 1. The first-order valence-electron chi connectivity index (χ1n) is 6.69. The Kier molecular flexibility index (Phi) is 3.47. The molecule has 1 heterocycles. The second-order valence-electron chi connectivity index (χ2n) is 4.90. The highest BCUT2D eigenvalue weighted by Gasteiger charge is 2.14. The molecule has 0 spiro atoms. The van der Waals surface area contributed by atoms with E-state index < -0.39 is 5.97 Å². The van der Waals surface area contributed by atoms with Gasteiger partial charge in [-0.2, -0.15) is 5.10 Å². The first-order valence-corrected chi connectivity index (χ1v) is 6.69. The molecular weight excluding hydrogens is 283 g/mol. The van der Waals surface area contributed by atoms with Gasteiger partial charge in [0.15, 0.2) is 5.69 Å². The summed E-state index contributed by atoms with van der Waals surface area (Å²) >= 11 is 0. The predicted octanol–water partition coefficient (Wildman–Crippen LogP) is 3.59. The summed E-state index contributed by atoms with van der Waals surface area (Å²) in [6.45, 7) is 0. The quantitative estimate of drug-likeness (QED) is 0.803. The Balaban J connectivity index is 2.12. The normalized spacial score (nSPS) is 10.6. The van der Waals surface area contributed by atoms with Crippen LogP contribution < -0.4 is 0 Å². The molecule has 0 bridgehead atoms. The van der Waals surface area contributed by atoms with Gasteiger partial charge in [-0.25, -0.2) is 9.18 Å². The molecule has 1 N–H and O–H groups in total. The van der Waals surface area contributed by atoms with Crippen LogP contribution in [-0.4, -0.2) is 20.9 Å². The van der Waals surface area contributed by atoms with E-state index in [-0.39, 0.29) is 11.5 Å². The molecular formula is C17H13FN2O2. The lowest BCUT2D eigenvalue weighted by Crippen LogP contribution is -1.99. The zero-order valence-electron chi connectivity index (χ0n) is 11.8. The lowest BCUT2D eigenvalue weighted by Gasteiger charge is -2.07. The van der Waals surface area contributed by atoms with E-state index >= 15 is 0 Å². The molecule has 0 amide bonds. The molecule has 3 rings (SSSR count). The molecule has 0 aliphatic carbocycles. The standard InChI is InChI=1S/C17H13FN2O2/c1-20-16(10-15(19-20)17(21)22)12-7-8-14(18)13(9-12)11-5-3-2-4-6-11/h2-10H,1H3,(H,21,22). The maximum Gasteiger partial charge on any atom is 0.356 e. The van der Waals surface area contributed by atoms with E-state index in [2.05, 4.69) is 5.10 Å². The van der Waals surface area contributed by atoms with Crippen molar-refractivity contribution in [1.29, 1.82) is 0 Å². The summed E-state index contributed by atoms with van der Waals surface area (Å²) in [5, 5.41) is 12.9. The van der Waals surface area contributed by atoms with Crippen molar-refractivity contribution in [2.45, 2.75) is 0 Å². The molecule has 3 aromatic rings. The number of hydrogen-bond acceptors (Lipinski definition) is 2. The number of rotatable bonds is 3. The SMILES string of the molecule is Cn1nc(C(=O)O)cc1-c1ccc(F)c(-c2ccccc2)c1. The Bertz CT molecular complexity index is 841. The van der Waals surface area contributed by atoms with Gasteiger partial charge in [-0.05, 0) is 29.8 Å². The molecule has 0 saturated heterocycles. The number of aromatic nitrogens is 2. The summed E-state index contributed by atoms with van der Waals surface area (Å²) in [5.74, 6) is -1.41. The number of carboxylic acids is 1. The fourth-order valence-electron chi connectivity index (χ4n) is 2.37. The van der Waals surface area contributed by atoms with Gasteiger partial charge in [0.1, 0.15) is 5.82 Å². The smallest absolute Gasteiger partial charge is 0.356 e. The highest BCUT2D eigenvalue weighted by atomic mass is 19.1. The fourth-order valence-corrected chi connectivity index (χ4v) is 2.37. The van der Waals surface area contributed by atoms with Crippen molar-refractivity contribution in [2.75, 3.05) is 0 Å². The van der Waals surface area contributed by atoms with E-state index in [0.717, 1.165) is 5.56 Å². The third-order valence-electron chi connectivity index (χ3n) is 3.45. The Morgan fingerprint density at radius 1 is 1.09 bits per heavy atom. The summed E-state index contributed by atoms with van der Waals surface area (Å²) < 4.78 is 15.6. The van der Waals surface area contributed by atoms with Gasteiger partial charge in [0.2, 0.25) is 0 Å². The maximum absolute atomic E-state index is 14.1. The van der Waals surface area contributed by atoms with E-state index in [0.29, 0.717) is 16.8 Å². The minimum absolute atomic E-state index is 0.0388. The van der Waals surface area contributed by atoms with Gasteiger partial charge in [-0.1, -0.05) is 30.3 Å². The summed E-state index contributed by atoms with van der Waals surface area (Å²) in [6.07, 6.45) is 0. The maximum atomic E-state index is 14.1. The molecule has 0 saturated carbocycles. The molecule has 110 valence electrons. The number of aryl methyl sites for hydroxylation is 1. The average Bonchev–Trinajstić information content (AvgIpc) is 2.91. The van der Waals surface area contributed by atoms with Crippen LogP contribution in [0.1, 0.15) is 10.5 Å². The van der Waals surface area contributed by atoms with Crippen LogP contribution in [0.25, 0.3) is 22.4 Å². The van der Waals surface area contributed by atoms with Crippen molar-refractivity contribution in [3.8, 4) is 22.4 Å². The topological polar surface area (TPSA) is 55.1 Å². The van der Waals surface area contributed by atoms with Crippen molar-refractivity contribution in [3.05, 3.63) is 66.1 Å². The van der Waals surface area contributed by atoms with Crippen LogP contribution in [-0.2, 0) is 7.05 Å². The molecule has 22 heavy (non-hydrogen) atoms. The molecule has 5 heteroatoms. The van der Waals surface area contributed by atoms with E-state index in [4.69, 9.17) is 5.11 Å². The number of carboxylic acid groups (broad SMARTS) is 1. The monoisotopic (exact) mass is 296 g/mol. The Hall–Kier alpha value is -2.95. The van der Waals surface area contributed by atoms with Crippen LogP contribution in [0.5, 0.6) is 0 Å². The van der Waals surface area contributed by atoms with Crippen LogP contribution in [0.2, 0.25) is 0 Å². The van der Waals surface area contributed by atoms with Crippen molar-refractivity contribution < 1.29 is 14.3 Å². The number of benzene rings is 2. The molecule has 0 aliphatic rings. The molecule has 1 aromatic heterocycles. The highest BCUT2D eigenvalue weighted by molar-refractivity contribution is 5.87. The molecule has 0 unspecified atom stereocenters. The minimum atomic E-state index is -1.09. The van der Waals surface area contributed by atoms with E-state index in [1.807, 2.05) is 30.3 Å². The highest BCUT2D eigenvalue weighted by Crippen LogP contribution is 2.29. The molecule has 0 fully saturated rings. The van der Waals surface area contributed by atoms with Crippen LogP contribution in [0.15, 0.2) is 54.6 Å². The van der Waals surface area contributed by atoms with Gasteiger partial charge in [0.25, 0.3) is 0 Å². The molecule has 4 nitrogen and oxygen atoms in total. The van der Waals surface area contributed by atoms with Gasteiger partial charge in [0, 0.05) is 18.2 Å². The molecule has 0 aliphatic heterocycles. The molecule has 0 atom stereocenters. The first-order chi connectivity index (χ1) is 10.6. The summed E-state index contributed by atoms with van der Waals surface area (Å²) in [5.41, 5.74) is 2.53. The van der Waals surface area contributed by atoms with Crippen LogP contribution in [0.3, 0.4) is 0 Å². The second-order valence-corrected chi connectivity index (χ2v) is 4.90. The van der Waals surface area contributed by atoms with E-state index in [1.165, 1.54) is 16.8 Å². The molecule has 2 aromatic carbocycles. The third-order valence-corrected chi connectivity index (χ3v) is 3.45. The number of hydrogen-bond donors (Lipinski definition) is 1. The summed E-state index contributed by atoms with van der Waals surface area (Å²) in [7, 11) is 1.66. The predicted molar refractivity (Wildman–Crippen MR) is 81.0 cm³/mol. The Morgan fingerprint density at radius 2 is 1.82 bits per heavy atom. The van der Waals surface area contributed by atoms with Gasteiger partial charge in [-0.15, -0.1) is 0 Å². The van der Waals surface area contributed by atoms with Crippen molar-refractivity contribution in [1.82, 2.24) is 9.78 Å². The number of nitrogens with zero attached hydrogens (tertiary/aromatic N) is 2. The van der Waals surface area contributed by atoms with Crippen LogP contribution in [0.4, 0.5) is 4.39 Å². The van der Waals surface area contributed by atoms with Crippen molar-refractivity contribution in [3.63, 3.8) is 0 Å². The largest absolute Gasteiger partial charge is 0.476 e. The fraction of sp³-hybridized carbons (Fsp3) is 0.0588. The van der Waals surface area contributed by atoms with Gasteiger partial charge >= 0.3 is 5.97 Å². The first kappa shape index (κ1) is 14.0. The zero-order valence-corrected chi connectivity index (χ0v) is 11.8. The van der Waals surface area contributed by atoms with E-state index in [9.17, 15) is 9.18 Å². The van der Waals surface area contributed by atoms with Gasteiger partial charge in [0.05, 0.1) is 5.69 Å². The average molecular weight is 296 g/mol. The number of halogens is 1. The Morgan fingerprint density at radius 3 is 2.45 bits per heavy atom. The van der Waals surface area contributed by atoms with Gasteiger partial charge < -0.3 is 5.11 Å². The van der Waals surface area contributed by atoms with Crippen LogP contribution in [0, 0.1) is 5.82 Å². The van der Waals surface area contributed by atoms with E-state index in [1.54, 1.807) is 19.2 Å². The summed E-state index contributed by atoms with van der Waals surface area (Å²) in [6, 6.07) is 15.4. The second kappa shape index (κ2) is 5.44.